The minimum Gasteiger partial charge on any atom is -0.376 e. The molecule has 2 fully saturated rings. The maximum Gasteiger partial charge on any atom is 0.171 e. The van der Waals surface area contributed by atoms with Crippen molar-refractivity contribution >= 4 is 17.3 Å². The summed E-state index contributed by atoms with van der Waals surface area (Å²) in [6.07, 6.45) is 3.75. The largest absolute Gasteiger partial charge is 0.376 e. The molecule has 3 rings (SSSR count). The molecule has 0 aliphatic carbocycles. The van der Waals surface area contributed by atoms with Gasteiger partial charge in [-0.1, -0.05) is 30.3 Å². The van der Waals surface area contributed by atoms with Gasteiger partial charge in [0, 0.05) is 19.7 Å². The van der Waals surface area contributed by atoms with Crippen LogP contribution in [0.3, 0.4) is 0 Å². The second kappa shape index (κ2) is 7.20. The average Bonchev–Trinajstić information content (AvgIpc) is 3.02. The van der Waals surface area contributed by atoms with Gasteiger partial charge in [-0.15, -0.1) is 0 Å². The lowest BCUT2D eigenvalue weighted by molar-refractivity contribution is 0.0661. The van der Waals surface area contributed by atoms with Crippen LogP contribution in [0.5, 0.6) is 0 Å². The van der Waals surface area contributed by atoms with Crippen LogP contribution in [0.1, 0.15) is 18.4 Å². The van der Waals surface area contributed by atoms with E-state index in [0.717, 1.165) is 51.0 Å². The third kappa shape index (κ3) is 4.15. The number of nitrogens with zero attached hydrogens (tertiary/aromatic N) is 2. The van der Waals surface area contributed by atoms with Crippen molar-refractivity contribution in [1.82, 2.24) is 15.1 Å². The van der Waals surface area contributed by atoms with E-state index in [-0.39, 0.29) is 0 Å². The standard InChI is InChI=1S/C16H23N3OS/c21-16-17-12-18(9-8-14-5-2-1-3-6-14)13-19(16)11-15-7-4-10-20-15/h1-3,5-6,15H,4,7-13H2,(H,17,21)/t15-/m1/s1. The molecule has 21 heavy (non-hydrogen) atoms. The summed E-state index contributed by atoms with van der Waals surface area (Å²) in [5.74, 6) is 0. The van der Waals surface area contributed by atoms with Gasteiger partial charge in [-0.3, -0.25) is 4.90 Å². The summed E-state index contributed by atoms with van der Waals surface area (Å²) in [7, 11) is 0. The first-order valence-corrected chi connectivity index (χ1v) is 8.13. The zero-order valence-electron chi connectivity index (χ0n) is 12.3. The number of benzene rings is 1. The van der Waals surface area contributed by atoms with Crippen molar-refractivity contribution in [3.05, 3.63) is 35.9 Å². The van der Waals surface area contributed by atoms with E-state index in [0.29, 0.717) is 6.10 Å². The SMILES string of the molecule is S=C1NCN(CCc2ccccc2)CN1C[C@H]1CCCO1. The number of hydrogen-bond donors (Lipinski definition) is 1. The van der Waals surface area contributed by atoms with Crippen LogP contribution in [-0.4, -0.2) is 54.0 Å². The maximum atomic E-state index is 5.72. The molecule has 1 aromatic rings. The van der Waals surface area contributed by atoms with Gasteiger partial charge in [-0.05, 0) is 37.0 Å². The predicted octanol–water partition coefficient (Wildman–Crippen LogP) is 1.82. The van der Waals surface area contributed by atoms with E-state index in [9.17, 15) is 0 Å². The summed E-state index contributed by atoms with van der Waals surface area (Å²) < 4.78 is 5.72. The fourth-order valence-electron chi connectivity index (χ4n) is 2.90. The van der Waals surface area contributed by atoms with Crippen molar-refractivity contribution in [2.24, 2.45) is 0 Å². The Morgan fingerprint density at radius 2 is 2.14 bits per heavy atom. The van der Waals surface area contributed by atoms with Gasteiger partial charge in [0.05, 0.1) is 19.4 Å². The van der Waals surface area contributed by atoms with Crippen molar-refractivity contribution in [3.8, 4) is 0 Å². The van der Waals surface area contributed by atoms with E-state index >= 15 is 0 Å². The Bertz CT molecular complexity index is 462. The third-order valence-corrected chi connectivity index (χ3v) is 4.52. The quantitative estimate of drug-likeness (QED) is 0.838. The van der Waals surface area contributed by atoms with Gasteiger partial charge in [-0.25, -0.2) is 0 Å². The fraction of sp³-hybridized carbons (Fsp3) is 0.562. The predicted molar refractivity (Wildman–Crippen MR) is 88.0 cm³/mol. The number of thiocarbonyl (C=S) groups is 1. The van der Waals surface area contributed by atoms with Crippen molar-refractivity contribution in [2.75, 3.05) is 33.0 Å². The van der Waals surface area contributed by atoms with Crippen LogP contribution in [0.25, 0.3) is 0 Å². The Morgan fingerprint density at radius 1 is 1.29 bits per heavy atom. The van der Waals surface area contributed by atoms with Crippen LogP contribution in [0.15, 0.2) is 30.3 Å². The summed E-state index contributed by atoms with van der Waals surface area (Å²) in [5.41, 5.74) is 1.39. The van der Waals surface area contributed by atoms with Crippen LogP contribution in [-0.2, 0) is 11.2 Å². The molecule has 114 valence electrons. The van der Waals surface area contributed by atoms with Crippen LogP contribution < -0.4 is 5.32 Å². The van der Waals surface area contributed by atoms with Crippen LogP contribution in [0, 0.1) is 0 Å². The molecule has 0 amide bonds. The summed E-state index contributed by atoms with van der Waals surface area (Å²) >= 11 is 5.42. The first-order valence-electron chi connectivity index (χ1n) is 7.72. The van der Waals surface area contributed by atoms with Gasteiger partial charge in [0.2, 0.25) is 0 Å². The first-order chi connectivity index (χ1) is 10.3. The second-order valence-corrected chi connectivity index (χ2v) is 6.16. The summed E-state index contributed by atoms with van der Waals surface area (Å²) in [6.45, 7) is 4.60. The van der Waals surface area contributed by atoms with Gasteiger partial charge in [0.15, 0.2) is 5.11 Å². The lowest BCUT2D eigenvalue weighted by atomic mass is 10.1. The number of nitrogens with one attached hydrogen (secondary N) is 1. The molecule has 0 bridgehead atoms. The smallest absolute Gasteiger partial charge is 0.171 e. The van der Waals surface area contributed by atoms with E-state index in [1.54, 1.807) is 0 Å². The van der Waals surface area contributed by atoms with Crippen molar-refractivity contribution < 1.29 is 4.74 Å². The molecule has 1 N–H and O–H groups in total. The highest BCUT2D eigenvalue weighted by molar-refractivity contribution is 7.80. The number of rotatable bonds is 5. The van der Waals surface area contributed by atoms with Gasteiger partial charge >= 0.3 is 0 Å². The molecule has 4 nitrogen and oxygen atoms in total. The van der Waals surface area contributed by atoms with Crippen molar-refractivity contribution in [1.29, 1.82) is 0 Å². The van der Waals surface area contributed by atoms with E-state index in [4.69, 9.17) is 17.0 Å². The van der Waals surface area contributed by atoms with E-state index in [1.807, 2.05) is 0 Å². The number of ether oxygens (including phenoxy) is 1. The van der Waals surface area contributed by atoms with Gasteiger partial charge < -0.3 is 15.0 Å². The minimum atomic E-state index is 0.346. The molecule has 0 unspecified atom stereocenters. The molecule has 5 heteroatoms. The highest BCUT2D eigenvalue weighted by Crippen LogP contribution is 2.15. The maximum absolute atomic E-state index is 5.72. The molecule has 1 atom stereocenters. The Labute approximate surface area is 132 Å². The lowest BCUT2D eigenvalue weighted by Gasteiger charge is -2.39. The molecule has 2 heterocycles. The van der Waals surface area contributed by atoms with E-state index < -0.39 is 0 Å². The van der Waals surface area contributed by atoms with Crippen LogP contribution >= 0.6 is 12.2 Å². The average molecular weight is 305 g/mol. The zero-order chi connectivity index (χ0) is 14.5. The van der Waals surface area contributed by atoms with Crippen LogP contribution in [0.2, 0.25) is 0 Å². The highest BCUT2D eigenvalue weighted by atomic mass is 32.1. The van der Waals surface area contributed by atoms with E-state index in [2.05, 4.69) is 45.4 Å². The molecule has 0 spiro atoms. The molecule has 2 aliphatic heterocycles. The summed E-state index contributed by atoms with van der Waals surface area (Å²) in [4.78, 5) is 4.64. The van der Waals surface area contributed by atoms with Gasteiger partial charge in [0.25, 0.3) is 0 Å². The molecule has 2 saturated heterocycles. The Balaban J connectivity index is 1.49. The highest BCUT2D eigenvalue weighted by Gasteiger charge is 2.25. The van der Waals surface area contributed by atoms with Gasteiger partial charge in [-0.2, -0.15) is 0 Å². The molecule has 0 saturated carbocycles. The minimum absolute atomic E-state index is 0.346. The molecule has 2 aliphatic rings. The number of hydrogen-bond acceptors (Lipinski definition) is 3. The van der Waals surface area contributed by atoms with Crippen molar-refractivity contribution in [2.45, 2.75) is 25.4 Å². The Hall–Kier alpha value is -1.17. The molecular weight excluding hydrogens is 282 g/mol. The summed E-state index contributed by atoms with van der Waals surface area (Å²) in [6, 6.07) is 10.6. The normalized spacial score (nSPS) is 23.3. The second-order valence-electron chi connectivity index (χ2n) is 5.77. The summed E-state index contributed by atoms with van der Waals surface area (Å²) in [5, 5.41) is 4.18. The molecule has 0 radical (unpaired) electrons. The molecule has 0 aromatic heterocycles. The molecular formula is C16H23N3OS. The third-order valence-electron chi connectivity index (χ3n) is 4.12. The monoisotopic (exact) mass is 305 g/mol. The topological polar surface area (TPSA) is 27.7 Å². The van der Waals surface area contributed by atoms with Crippen molar-refractivity contribution in [3.63, 3.8) is 0 Å². The Kier molecular flexibility index (Phi) is 5.06. The lowest BCUT2D eigenvalue weighted by Crippen LogP contribution is -2.57. The molecule has 1 aromatic carbocycles. The fourth-order valence-corrected chi connectivity index (χ4v) is 3.10. The van der Waals surface area contributed by atoms with Crippen LogP contribution in [0.4, 0.5) is 0 Å². The van der Waals surface area contributed by atoms with E-state index in [1.165, 1.54) is 12.0 Å². The zero-order valence-corrected chi connectivity index (χ0v) is 13.1. The first kappa shape index (κ1) is 14.8. The Morgan fingerprint density at radius 3 is 2.90 bits per heavy atom. The van der Waals surface area contributed by atoms with Gasteiger partial charge in [0.1, 0.15) is 0 Å².